The number of hydrogen-bond acceptors (Lipinski definition) is 4. The molecule has 0 bridgehead atoms. The largest absolute Gasteiger partial charge is 0.473 e. The summed E-state index contributed by atoms with van der Waals surface area (Å²) in [5.41, 5.74) is 1.10. The van der Waals surface area contributed by atoms with Gasteiger partial charge in [0, 0.05) is 18.3 Å². The normalized spacial score (nSPS) is 10.0. The summed E-state index contributed by atoms with van der Waals surface area (Å²) in [5, 5.41) is 5.84. The van der Waals surface area contributed by atoms with E-state index in [0.29, 0.717) is 0 Å². The van der Waals surface area contributed by atoms with E-state index < -0.39 is 0 Å². The zero-order valence-corrected chi connectivity index (χ0v) is 7.57. The van der Waals surface area contributed by atoms with Crippen molar-refractivity contribution in [3.8, 4) is 5.19 Å². The lowest BCUT2D eigenvalue weighted by atomic mass is 10.3. The highest BCUT2D eigenvalue weighted by Gasteiger charge is 1.99. The summed E-state index contributed by atoms with van der Waals surface area (Å²) >= 11 is 1.54. The van der Waals surface area contributed by atoms with E-state index in [1.54, 1.807) is 7.11 Å². The van der Waals surface area contributed by atoms with Crippen LogP contribution in [0.15, 0.2) is 5.38 Å². The average Bonchev–Trinajstić information content (AvgIpc) is 2.48. The summed E-state index contributed by atoms with van der Waals surface area (Å²) < 4.78 is 4.96. The quantitative estimate of drug-likeness (QED) is 0.733. The first-order chi connectivity index (χ1) is 5.36. The Balaban J connectivity index is 2.44. The van der Waals surface area contributed by atoms with Gasteiger partial charge in [0.25, 0.3) is 5.19 Å². The smallest absolute Gasteiger partial charge is 0.273 e. The van der Waals surface area contributed by atoms with Gasteiger partial charge in [-0.2, -0.15) is 0 Å². The highest BCUT2D eigenvalue weighted by atomic mass is 32.1. The Morgan fingerprint density at radius 3 is 3.09 bits per heavy atom. The van der Waals surface area contributed by atoms with Crippen LogP contribution in [0.3, 0.4) is 0 Å². The Hall–Kier alpha value is -0.610. The Kier molecular flexibility index (Phi) is 3.32. The molecule has 1 N–H and O–H groups in total. The summed E-state index contributed by atoms with van der Waals surface area (Å²) in [6.07, 6.45) is 0.969. The minimum absolute atomic E-state index is 0.746. The van der Waals surface area contributed by atoms with Crippen molar-refractivity contribution in [2.45, 2.75) is 6.42 Å². The number of rotatable bonds is 4. The predicted octanol–water partition coefficient (Wildman–Crippen LogP) is 0.914. The van der Waals surface area contributed by atoms with Crippen LogP contribution < -0.4 is 10.1 Å². The molecule has 0 saturated heterocycles. The summed E-state index contributed by atoms with van der Waals surface area (Å²) in [7, 11) is 3.57. The lowest BCUT2D eigenvalue weighted by Crippen LogP contribution is -2.10. The number of hydrogen-bond donors (Lipinski definition) is 1. The standard InChI is InChI=1S/C7H12N2OS/c1-8-4-3-6-5-11-7(9-6)10-2/h5,8H,3-4H2,1-2H3. The van der Waals surface area contributed by atoms with E-state index in [-0.39, 0.29) is 0 Å². The molecule has 0 spiro atoms. The topological polar surface area (TPSA) is 34.1 Å². The molecule has 0 aliphatic rings. The van der Waals surface area contributed by atoms with Gasteiger partial charge in [0.2, 0.25) is 0 Å². The van der Waals surface area contributed by atoms with Gasteiger partial charge in [0.1, 0.15) is 0 Å². The van der Waals surface area contributed by atoms with Crippen LogP contribution in [0, 0.1) is 0 Å². The van der Waals surface area contributed by atoms with Gasteiger partial charge in [-0.1, -0.05) is 11.3 Å². The molecule has 11 heavy (non-hydrogen) atoms. The predicted molar refractivity (Wildman–Crippen MR) is 46.3 cm³/mol. The highest BCUT2D eigenvalue weighted by Crippen LogP contribution is 2.16. The first-order valence-corrected chi connectivity index (χ1v) is 4.37. The molecule has 1 aromatic heterocycles. The molecule has 0 amide bonds. The van der Waals surface area contributed by atoms with E-state index in [1.807, 2.05) is 12.4 Å². The van der Waals surface area contributed by atoms with Crippen molar-refractivity contribution in [1.29, 1.82) is 0 Å². The van der Waals surface area contributed by atoms with Crippen LogP contribution in [0.1, 0.15) is 5.69 Å². The lowest BCUT2D eigenvalue weighted by Gasteiger charge is -1.93. The van der Waals surface area contributed by atoms with Crippen LogP contribution in [0.25, 0.3) is 0 Å². The van der Waals surface area contributed by atoms with Crippen molar-refractivity contribution < 1.29 is 4.74 Å². The number of nitrogens with zero attached hydrogens (tertiary/aromatic N) is 1. The van der Waals surface area contributed by atoms with Gasteiger partial charge >= 0.3 is 0 Å². The number of likely N-dealkylation sites (N-methyl/N-ethyl adjacent to an activating group) is 1. The van der Waals surface area contributed by atoms with Crippen molar-refractivity contribution in [2.24, 2.45) is 0 Å². The van der Waals surface area contributed by atoms with Crippen LogP contribution in [0.2, 0.25) is 0 Å². The fourth-order valence-corrected chi connectivity index (χ4v) is 1.42. The van der Waals surface area contributed by atoms with Gasteiger partial charge in [-0.05, 0) is 7.05 Å². The molecule has 1 aromatic rings. The number of methoxy groups -OCH3 is 1. The van der Waals surface area contributed by atoms with E-state index in [0.717, 1.165) is 23.9 Å². The second-order valence-corrected chi connectivity index (χ2v) is 2.98. The van der Waals surface area contributed by atoms with Gasteiger partial charge in [-0.25, -0.2) is 4.98 Å². The number of aromatic nitrogens is 1. The van der Waals surface area contributed by atoms with Gasteiger partial charge in [0.15, 0.2) is 0 Å². The third-order valence-electron chi connectivity index (χ3n) is 1.34. The Morgan fingerprint density at radius 2 is 2.55 bits per heavy atom. The van der Waals surface area contributed by atoms with Gasteiger partial charge in [-0.15, -0.1) is 0 Å². The van der Waals surface area contributed by atoms with Crippen molar-refractivity contribution in [3.63, 3.8) is 0 Å². The first kappa shape index (κ1) is 8.49. The molecule has 0 aliphatic carbocycles. The second kappa shape index (κ2) is 4.31. The molecule has 0 fully saturated rings. The molecule has 0 radical (unpaired) electrons. The Bertz CT molecular complexity index is 212. The molecule has 62 valence electrons. The first-order valence-electron chi connectivity index (χ1n) is 3.50. The van der Waals surface area contributed by atoms with Gasteiger partial charge in [0.05, 0.1) is 12.8 Å². The third-order valence-corrected chi connectivity index (χ3v) is 2.19. The molecule has 0 unspecified atom stereocenters. The maximum absolute atomic E-state index is 4.96. The van der Waals surface area contributed by atoms with Crippen LogP contribution in [0.5, 0.6) is 5.19 Å². The summed E-state index contributed by atoms with van der Waals surface area (Å²) in [6, 6.07) is 0. The van der Waals surface area contributed by atoms with Gasteiger partial charge in [-0.3, -0.25) is 0 Å². The van der Waals surface area contributed by atoms with Crippen LogP contribution >= 0.6 is 11.3 Å². The van der Waals surface area contributed by atoms with Crippen LogP contribution in [-0.2, 0) is 6.42 Å². The van der Waals surface area contributed by atoms with E-state index >= 15 is 0 Å². The highest BCUT2D eigenvalue weighted by molar-refractivity contribution is 7.11. The van der Waals surface area contributed by atoms with Crippen LogP contribution in [-0.4, -0.2) is 25.7 Å². The SMILES string of the molecule is CNCCc1csc(OC)n1. The molecule has 0 atom stereocenters. The minimum atomic E-state index is 0.746. The van der Waals surface area contributed by atoms with E-state index in [4.69, 9.17) is 4.74 Å². The van der Waals surface area contributed by atoms with Crippen molar-refractivity contribution in [2.75, 3.05) is 20.7 Å². The Labute approximate surface area is 70.4 Å². The summed E-state index contributed by atoms with van der Waals surface area (Å²) in [5.74, 6) is 0. The van der Waals surface area contributed by atoms with Crippen molar-refractivity contribution >= 4 is 11.3 Å². The summed E-state index contributed by atoms with van der Waals surface area (Å²) in [4.78, 5) is 4.22. The molecule has 3 nitrogen and oxygen atoms in total. The molecular weight excluding hydrogens is 160 g/mol. The van der Waals surface area contributed by atoms with E-state index in [2.05, 4.69) is 10.3 Å². The molecule has 0 saturated carbocycles. The van der Waals surface area contributed by atoms with Crippen molar-refractivity contribution in [1.82, 2.24) is 10.3 Å². The number of nitrogens with one attached hydrogen (secondary N) is 1. The molecule has 4 heteroatoms. The van der Waals surface area contributed by atoms with E-state index in [1.165, 1.54) is 11.3 Å². The molecule has 0 aliphatic heterocycles. The Morgan fingerprint density at radius 1 is 1.73 bits per heavy atom. The second-order valence-electron chi connectivity index (χ2n) is 2.16. The van der Waals surface area contributed by atoms with Crippen molar-refractivity contribution in [3.05, 3.63) is 11.1 Å². The fraction of sp³-hybridized carbons (Fsp3) is 0.571. The molecule has 1 rings (SSSR count). The lowest BCUT2D eigenvalue weighted by molar-refractivity contribution is 0.410. The maximum Gasteiger partial charge on any atom is 0.273 e. The number of ether oxygens (including phenoxy) is 1. The fourth-order valence-electron chi connectivity index (χ4n) is 0.750. The monoisotopic (exact) mass is 172 g/mol. The molecule has 0 aromatic carbocycles. The maximum atomic E-state index is 4.96. The molecule has 1 heterocycles. The van der Waals surface area contributed by atoms with E-state index in [9.17, 15) is 0 Å². The zero-order chi connectivity index (χ0) is 8.10. The third kappa shape index (κ3) is 2.48. The van der Waals surface area contributed by atoms with Crippen LogP contribution in [0.4, 0.5) is 0 Å². The minimum Gasteiger partial charge on any atom is -0.473 e. The average molecular weight is 172 g/mol. The van der Waals surface area contributed by atoms with Gasteiger partial charge < -0.3 is 10.1 Å². The summed E-state index contributed by atoms with van der Waals surface area (Å²) in [6.45, 7) is 0.965. The molecular formula is C7H12N2OS. The number of thiazole rings is 1. The zero-order valence-electron chi connectivity index (χ0n) is 6.76.